The number of fused-ring (bicyclic) bond motifs is 1. The van der Waals surface area contributed by atoms with Crippen molar-refractivity contribution in [3.05, 3.63) is 15.6 Å². The van der Waals surface area contributed by atoms with Gasteiger partial charge in [-0.2, -0.15) is 11.8 Å². The molecule has 1 saturated heterocycles. The highest BCUT2D eigenvalue weighted by Gasteiger charge is 2.28. The molecule has 1 aliphatic carbocycles. The van der Waals surface area contributed by atoms with Crippen LogP contribution in [0.15, 0.2) is 0 Å². The van der Waals surface area contributed by atoms with Gasteiger partial charge in [-0.25, -0.2) is 4.98 Å². The predicted octanol–water partition coefficient (Wildman–Crippen LogP) is 4.09. The van der Waals surface area contributed by atoms with E-state index in [0.29, 0.717) is 11.3 Å². The fourth-order valence-electron chi connectivity index (χ4n) is 2.86. The Bertz CT molecular complexity index is 396. The third-order valence-electron chi connectivity index (χ3n) is 3.82. The molecule has 0 amide bonds. The third-order valence-corrected chi connectivity index (χ3v) is 6.60. The van der Waals surface area contributed by atoms with Crippen LogP contribution in [-0.4, -0.2) is 17.3 Å². The fraction of sp³-hybridized carbons (Fsp3) is 0.786. The SMILES string of the molecule is CCCNC1CCCc2sc(C3CCCS3)nc21. The summed E-state index contributed by atoms with van der Waals surface area (Å²) >= 11 is 4.10. The molecule has 1 aromatic heterocycles. The van der Waals surface area contributed by atoms with E-state index in [0.717, 1.165) is 6.54 Å². The van der Waals surface area contributed by atoms with Crippen molar-refractivity contribution in [2.45, 2.75) is 56.7 Å². The van der Waals surface area contributed by atoms with Gasteiger partial charge in [-0.3, -0.25) is 0 Å². The van der Waals surface area contributed by atoms with Gasteiger partial charge in [0, 0.05) is 4.88 Å². The van der Waals surface area contributed by atoms with Gasteiger partial charge in [0.15, 0.2) is 0 Å². The molecule has 2 heterocycles. The van der Waals surface area contributed by atoms with Gasteiger partial charge in [0.1, 0.15) is 5.01 Å². The standard InChI is InChI=1S/C14H22N2S2/c1-2-8-15-10-5-3-6-11-13(10)16-14(18-11)12-7-4-9-17-12/h10,12,15H,2-9H2,1H3. The highest BCUT2D eigenvalue weighted by molar-refractivity contribution is 7.99. The van der Waals surface area contributed by atoms with E-state index in [1.807, 2.05) is 11.3 Å². The summed E-state index contributed by atoms with van der Waals surface area (Å²) in [6.07, 6.45) is 7.78. The maximum atomic E-state index is 5.00. The van der Waals surface area contributed by atoms with Gasteiger partial charge in [-0.1, -0.05) is 6.92 Å². The lowest BCUT2D eigenvalue weighted by Crippen LogP contribution is -2.25. The summed E-state index contributed by atoms with van der Waals surface area (Å²) in [5.74, 6) is 1.33. The first kappa shape index (κ1) is 12.9. The highest BCUT2D eigenvalue weighted by atomic mass is 32.2. The van der Waals surface area contributed by atoms with Crippen LogP contribution in [-0.2, 0) is 6.42 Å². The van der Waals surface area contributed by atoms with E-state index in [9.17, 15) is 0 Å². The molecule has 2 unspecified atom stereocenters. The molecular formula is C14H22N2S2. The molecule has 18 heavy (non-hydrogen) atoms. The lowest BCUT2D eigenvalue weighted by Gasteiger charge is -2.22. The molecule has 2 aliphatic rings. The predicted molar refractivity (Wildman–Crippen MR) is 80.5 cm³/mol. The number of thioether (sulfide) groups is 1. The van der Waals surface area contributed by atoms with Gasteiger partial charge in [-0.15, -0.1) is 11.3 Å². The summed E-state index contributed by atoms with van der Waals surface area (Å²) in [5.41, 5.74) is 1.39. The van der Waals surface area contributed by atoms with Crippen molar-refractivity contribution >= 4 is 23.1 Å². The van der Waals surface area contributed by atoms with Crippen molar-refractivity contribution in [2.24, 2.45) is 0 Å². The Labute approximate surface area is 118 Å². The maximum Gasteiger partial charge on any atom is 0.106 e. The van der Waals surface area contributed by atoms with Crippen molar-refractivity contribution in [3.8, 4) is 0 Å². The second kappa shape index (κ2) is 5.93. The van der Waals surface area contributed by atoms with Crippen LogP contribution >= 0.6 is 23.1 Å². The van der Waals surface area contributed by atoms with E-state index >= 15 is 0 Å². The minimum absolute atomic E-state index is 0.533. The van der Waals surface area contributed by atoms with E-state index in [1.54, 1.807) is 4.88 Å². The van der Waals surface area contributed by atoms with Crippen LogP contribution in [0.5, 0.6) is 0 Å². The van der Waals surface area contributed by atoms with Gasteiger partial charge >= 0.3 is 0 Å². The number of aryl methyl sites for hydroxylation is 1. The molecule has 2 atom stereocenters. The number of rotatable bonds is 4. The van der Waals surface area contributed by atoms with Crippen LogP contribution in [0, 0.1) is 0 Å². The van der Waals surface area contributed by atoms with Crippen LogP contribution in [0.4, 0.5) is 0 Å². The van der Waals surface area contributed by atoms with Crippen LogP contribution in [0.2, 0.25) is 0 Å². The van der Waals surface area contributed by atoms with Gasteiger partial charge in [0.05, 0.1) is 17.0 Å². The Kier molecular flexibility index (Phi) is 4.27. The summed E-state index contributed by atoms with van der Waals surface area (Å²) in [6, 6.07) is 0.533. The third kappa shape index (κ3) is 2.61. The summed E-state index contributed by atoms with van der Waals surface area (Å²) in [5, 5.41) is 5.78. The monoisotopic (exact) mass is 282 g/mol. The van der Waals surface area contributed by atoms with Crippen molar-refractivity contribution in [3.63, 3.8) is 0 Å². The number of hydrogen-bond acceptors (Lipinski definition) is 4. The minimum Gasteiger partial charge on any atom is -0.309 e. The number of nitrogens with zero attached hydrogens (tertiary/aromatic N) is 1. The first-order valence-electron chi connectivity index (χ1n) is 7.23. The molecule has 0 spiro atoms. The van der Waals surface area contributed by atoms with Crippen molar-refractivity contribution in [2.75, 3.05) is 12.3 Å². The fourth-order valence-corrected chi connectivity index (χ4v) is 5.54. The Hall–Kier alpha value is -0.0600. The van der Waals surface area contributed by atoms with Gasteiger partial charge < -0.3 is 5.32 Å². The smallest absolute Gasteiger partial charge is 0.106 e. The zero-order chi connectivity index (χ0) is 12.4. The first-order chi connectivity index (χ1) is 8.88. The van der Waals surface area contributed by atoms with E-state index in [4.69, 9.17) is 4.98 Å². The molecule has 100 valence electrons. The quantitative estimate of drug-likeness (QED) is 0.900. The summed E-state index contributed by atoms with van der Waals surface area (Å²) in [4.78, 5) is 6.57. The second-order valence-electron chi connectivity index (χ2n) is 5.26. The lowest BCUT2D eigenvalue weighted by molar-refractivity contribution is 0.453. The van der Waals surface area contributed by atoms with Crippen LogP contribution < -0.4 is 5.32 Å². The number of nitrogens with one attached hydrogen (secondary N) is 1. The van der Waals surface area contributed by atoms with Crippen molar-refractivity contribution in [1.29, 1.82) is 0 Å². The molecule has 1 fully saturated rings. The zero-order valence-electron chi connectivity index (χ0n) is 11.1. The lowest BCUT2D eigenvalue weighted by atomic mass is 9.97. The Balaban J connectivity index is 1.78. The molecule has 0 aromatic carbocycles. The summed E-state index contributed by atoms with van der Waals surface area (Å²) in [7, 11) is 0. The molecule has 1 aromatic rings. The van der Waals surface area contributed by atoms with Crippen molar-refractivity contribution in [1.82, 2.24) is 10.3 Å². The molecule has 0 saturated carbocycles. The van der Waals surface area contributed by atoms with Gasteiger partial charge in [0.2, 0.25) is 0 Å². The maximum absolute atomic E-state index is 5.00. The van der Waals surface area contributed by atoms with Crippen LogP contribution in [0.3, 0.4) is 0 Å². The molecule has 1 aliphatic heterocycles. The summed E-state index contributed by atoms with van der Waals surface area (Å²) < 4.78 is 0. The molecule has 0 bridgehead atoms. The number of aromatic nitrogens is 1. The molecule has 0 radical (unpaired) electrons. The van der Waals surface area contributed by atoms with E-state index in [1.165, 1.54) is 55.0 Å². The molecule has 1 N–H and O–H groups in total. The molecular weight excluding hydrogens is 260 g/mol. The molecule has 4 heteroatoms. The topological polar surface area (TPSA) is 24.9 Å². The highest BCUT2D eigenvalue weighted by Crippen LogP contribution is 2.44. The van der Waals surface area contributed by atoms with E-state index < -0.39 is 0 Å². The van der Waals surface area contributed by atoms with E-state index in [-0.39, 0.29) is 0 Å². The minimum atomic E-state index is 0.533. The second-order valence-corrected chi connectivity index (χ2v) is 7.69. The van der Waals surface area contributed by atoms with Crippen LogP contribution in [0.1, 0.15) is 65.9 Å². The Morgan fingerprint density at radius 1 is 1.33 bits per heavy atom. The normalized spacial score (nSPS) is 27.4. The first-order valence-corrected chi connectivity index (χ1v) is 9.09. The molecule has 3 rings (SSSR count). The van der Waals surface area contributed by atoms with E-state index in [2.05, 4.69) is 24.0 Å². The van der Waals surface area contributed by atoms with Gasteiger partial charge in [0.25, 0.3) is 0 Å². The zero-order valence-corrected chi connectivity index (χ0v) is 12.7. The number of hydrogen-bond donors (Lipinski definition) is 1. The Morgan fingerprint density at radius 3 is 3.06 bits per heavy atom. The number of thiazole rings is 1. The Morgan fingerprint density at radius 2 is 2.28 bits per heavy atom. The van der Waals surface area contributed by atoms with Gasteiger partial charge in [-0.05, 0) is 50.8 Å². The van der Waals surface area contributed by atoms with Crippen molar-refractivity contribution < 1.29 is 0 Å². The molecule has 2 nitrogen and oxygen atoms in total. The average molecular weight is 282 g/mol. The summed E-state index contributed by atoms with van der Waals surface area (Å²) in [6.45, 7) is 3.35. The largest absolute Gasteiger partial charge is 0.309 e. The average Bonchev–Trinajstić information content (AvgIpc) is 3.03. The van der Waals surface area contributed by atoms with Crippen LogP contribution in [0.25, 0.3) is 0 Å².